The van der Waals surface area contributed by atoms with Crippen molar-refractivity contribution in [2.24, 2.45) is 0 Å². The normalized spacial score (nSPS) is 11.5. The van der Waals surface area contributed by atoms with Crippen molar-refractivity contribution in [1.29, 1.82) is 15.8 Å². The van der Waals surface area contributed by atoms with Gasteiger partial charge < -0.3 is 13.7 Å². The molecule has 57 heavy (non-hydrogen) atoms. The van der Waals surface area contributed by atoms with Crippen LogP contribution in [0.3, 0.4) is 0 Å². The van der Waals surface area contributed by atoms with E-state index in [-0.39, 0.29) is 0 Å². The van der Waals surface area contributed by atoms with E-state index >= 15 is 0 Å². The van der Waals surface area contributed by atoms with E-state index in [1.54, 1.807) is 12.1 Å². The van der Waals surface area contributed by atoms with Gasteiger partial charge in [0.05, 0.1) is 68.0 Å². The van der Waals surface area contributed by atoms with Crippen molar-refractivity contribution in [3.63, 3.8) is 0 Å². The maximum atomic E-state index is 10.2. The Balaban J connectivity index is 1.07. The Kier molecular flexibility index (Phi) is 6.95. The van der Waals surface area contributed by atoms with E-state index in [2.05, 4.69) is 153 Å². The standard InChI is InChI=1S/C51H28N6/c52-29-32-13-21-49-44(25-32)45-26-33(30-53)14-22-50(45)57(49)39-24-34(31-54)23-36(27-39)35-15-17-37(18-16-35)55-46-10-4-3-9-42(46)43-20-19-38(28-51(43)55)56-47-11-5-1-7-40(47)41-8-2-6-12-48(41)56/h1-28H. The average molecular weight is 725 g/mol. The van der Waals surface area contributed by atoms with Gasteiger partial charge in [0.2, 0.25) is 0 Å². The molecule has 0 amide bonds. The molecule has 0 saturated carbocycles. The van der Waals surface area contributed by atoms with Gasteiger partial charge in [-0.05, 0) is 108 Å². The van der Waals surface area contributed by atoms with Gasteiger partial charge in [-0.25, -0.2) is 0 Å². The van der Waals surface area contributed by atoms with Crippen LogP contribution in [-0.2, 0) is 0 Å². The molecule has 0 aliphatic heterocycles. The molecule has 0 N–H and O–H groups in total. The summed E-state index contributed by atoms with van der Waals surface area (Å²) in [4.78, 5) is 0. The summed E-state index contributed by atoms with van der Waals surface area (Å²) in [5.74, 6) is 0. The van der Waals surface area contributed by atoms with Crippen LogP contribution >= 0.6 is 0 Å². The summed E-state index contributed by atoms with van der Waals surface area (Å²) in [6.45, 7) is 0. The van der Waals surface area contributed by atoms with E-state index in [1.165, 1.54) is 32.6 Å². The van der Waals surface area contributed by atoms with Crippen molar-refractivity contribution in [1.82, 2.24) is 13.7 Å². The molecule has 0 saturated heterocycles. The van der Waals surface area contributed by atoms with E-state index in [4.69, 9.17) is 0 Å². The highest BCUT2D eigenvalue weighted by atomic mass is 15.0. The monoisotopic (exact) mass is 724 g/mol. The van der Waals surface area contributed by atoms with Gasteiger partial charge in [-0.2, -0.15) is 15.8 Å². The quantitative estimate of drug-likeness (QED) is 0.181. The Hall–Kier alpha value is -8.37. The van der Waals surface area contributed by atoms with Gasteiger partial charge in [0, 0.05) is 49.4 Å². The highest BCUT2D eigenvalue weighted by Crippen LogP contribution is 2.38. The fraction of sp³-hybridized carbons (Fsp3) is 0. The predicted molar refractivity (Wildman–Crippen MR) is 229 cm³/mol. The number of nitrogens with zero attached hydrogens (tertiary/aromatic N) is 6. The van der Waals surface area contributed by atoms with E-state index in [0.717, 1.165) is 61.0 Å². The second kappa shape index (κ2) is 12.3. The summed E-state index contributed by atoms with van der Waals surface area (Å²) < 4.78 is 6.81. The lowest BCUT2D eigenvalue weighted by Crippen LogP contribution is -1.97. The number of benzene rings is 8. The maximum absolute atomic E-state index is 10.2. The fourth-order valence-electron chi connectivity index (χ4n) is 8.79. The molecule has 3 heterocycles. The van der Waals surface area contributed by atoms with Crippen LogP contribution in [-0.4, -0.2) is 13.7 Å². The number of para-hydroxylation sites is 3. The van der Waals surface area contributed by atoms with Crippen LogP contribution in [0.25, 0.3) is 93.6 Å². The molecule has 262 valence electrons. The van der Waals surface area contributed by atoms with Gasteiger partial charge in [-0.15, -0.1) is 0 Å². The summed E-state index contributed by atoms with van der Waals surface area (Å²) in [6.07, 6.45) is 0. The Morgan fingerprint density at radius 1 is 0.281 bits per heavy atom. The van der Waals surface area contributed by atoms with Gasteiger partial charge >= 0.3 is 0 Å². The number of rotatable bonds is 4. The first-order chi connectivity index (χ1) is 28.1. The molecule has 0 fully saturated rings. The molecule has 0 bridgehead atoms. The molecular formula is C51H28N6. The minimum absolute atomic E-state index is 0.531. The van der Waals surface area contributed by atoms with Crippen LogP contribution in [0, 0.1) is 34.0 Å². The number of fused-ring (bicyclic) bond motifs is 9. The molecule has 11 aromatic rings. The third-order valence-corrected chi connectivity index (χ3v) is 11.3. The van der Waals surface area contributed by atoms with Crippen molar-refractivity contribution in [3.8, 4) is 46.4 Å². The van der Waals surface area contributed by atoms with Gasteiger partial charge in [0.25, 0.3) is 0 Å². The van der Waals surface area contributed by atoms with Crippen molar-refractivity contribution in [2.45, 2.75) is 0 Å². The minimum Gasteiger partial charge on any atom is -0.309 e. The van der Waals surface area contributed by atoms with Crippen LogP contribution in [0.2, 0.25) is 0 Å². The second-order valence-electron chi connectivity index (χ2n) is 14.4. The molecule has 6 heteroatoms. The summed E-state index contributed by atoms with van der Waals surface area (Å²) in [5.41, 5.74) is 12.8. The molecule has 0 aliphatic carbocycles. The van der Waals surface area contributed by atoms with E-state index in [0.29, 0.717) is 16.7 Å². The number of nitriles is 3. The minimum atomic E-state index is 0.531. The van der Waals surface area contributed by atoms with Crippen LogP contribution in [0.15, 0.2) is 170 Å². The zero-order chi connectivity index (χ0) is 38.2. The lowest BCUT2D eigenvalue weighted by molar-refractivity contribution is 1.15. The van der Waals surface area contributed by atoms with Gasteiger partial charge in [-0.1, -0.05) is 72.8 Å². The maximum Gasteiger partial charge on any atom is 0.0992 e. The summed E-state index contributed by atoms with van der Waals surface area (Å²) in [5, 5.41) is 36.2. The summed E-state index contributed by atoms with van der Waals surface area (Å²) >= 11 is 0. The van der Waals surface area contributed by atoms with Crippen molar-refractivity contribution in [2.75, 3.05) is 0 Å². The zero-order valence-corrected chi connectivity index (χ0v) is 30.3. The molecule has 11 rings (SSSR count). The highest BCUT2D eigenvalue weighted by molar-refractivity contribution is 6.12. The van der Waals surface area contributed by atoms with Crippen LogP contribution in [0.5, 0.6) is 0 Å². The molecule has 8 aromatic carbocycles. The van der Waals surface area contributed by atoms with Crippen LogP contribution in [0.4, 0.5) is 0 Å². The number of aromatic nitrogens is 3. The first kappa shape index (κ1) is 32.1. The molecule has 0 atom stereocenters. The van der Waals surface area contributed by atoms with Gasteiger partial charge in [0.15, 0.2) is 0 Å². The van der Waals surface area contributed by atoms with Gasteiger partial charge in [-0.3, -0.25) is 0 Å². The summed E-state index contributed by atoms with van der Waals surface area (Å²) in [7, 11) is 0. The van der Waals surface area contributed by atoms with Crippen LogP contribution < -0.4 is 0 Å². The van der Waals surface area contributed by atoms with Crippen molar-refractivity contribution < 1.29 is 0 Å². The largest absolute Gasteiger partial charge is 0.309 e. The van der Waals surface area contributed by atoms with Crippen molar-refractivity contribution >= 4 is 65.4 Å². The number of hydrogen-bond donors (Lipinski definition) is 0. The van der Waals surface area contributed by atoms with E-state index in [9.17, 15) is 15.8 Å². The first-order valence-corrected chi connectivity index (χ1v) is 18.7. The van der Waals surface area contributed by atoms with Crippen LogP contribution in [0.1, 0.15) is 16.7 Å². The predicted octanol–water partition coefficient (Wildman–Crippen LogP) is 12.3. The SMILES string of the molecule is N#Cc1cc(-c2ccc(-n3c4ccccc4c4ccc(-n5c6ccccc6c6ccccc65)cc43)cc2)cc(-n2c3ccc(C#N)cc3c3cc(C#N)ccc32)c1. The van der Waals surface area contributed by atoms with Gasteiger partial charge in [0.1, 0.15) is 0 Å². The second-order valence-corrected chi connectivity index (χ2v) is 14.4. The lowest BCUT2D eigenvalue weighted by Gasteiger charge is -2.13. The van der Waals surface area contributed by atoms with Crippen molar-refractivity contribution in [3.05, 3.63) is 187 Å². The Bertz CT molecular complexity index is 3490. The third kappa shape index (κ3) is 4.81. The molecule has 0 unspecified atom stereocenters. The number of hydrogen-bond acceptors (Lipinski definition) is 3. The summed E-state index contributed by atoms with van der Waals surface area (Å²) in [6, 6.07) is 65.0. The third-order valence-electron chi connectivity index (χ3n) is 11.3. The average Bonchev–Trinajstić information content (AvgIpc) is 3.91. The lowest BCUT2D eigenvalue weighted by atomic mass is 10.0. The topological polar surface area (TPSA) is 86.2 Å². The Labute approximate surface area is 326 Å². The smallest absolute Gasteiger partial charge is 0.0992 e. The highest BCUT2D eigenvalue weighted by Gasteiger charge is 2.18. The molecule has 0 aliphatic rings. The zero-order valence-electron chi connectivity index (χ0n) is 30.3. The Morgan fingerprint density at radius 2 is 0.737 bits per heavy atom. The van der Waals surface area contributed by atoms with E-state index in [1.807, 2.05) is 36.4 Å². The van der Waals surface area contributed by atoms with E-state index < -0.39 is 0 Å². The molecule has 0 radical (unpaired) electrons. The molecular weight excluding hydrogens is 697 g/mol. The fourth-order valence-corrected chi connectivity index (χ4v) is 8.79. The molecule has 3 aromatic heterocycles. The first-order valence-electron chi connectivity index (χ1n) is 18.7. The molecule has 6 nitrogen and oxygen atoms in total. The molecule has 0 spiro atoms. The Morgan fingerprint density at radius 3 is 1.28 bits per heavy atom.